The summed E-state index contributed by atoms with van der Waals surface area (Å²) in [4.78, 5) is 39.1. The van der Waals surface area contributed by atoms with Crippen LogP contribution in [-0.4, -0.2) is 75.0 Å². The van der Waals surface area contributed by atoms with Crippen LogP contribution >= 0.6 is 37.2 Å². The fourth-order valence-corrected chi connectivity index (χ4v) is 4.12. The number of allylic oxidation sites excluding steroid dienone is 1. The normalized spacial score (nSPS) is 10.2. The molecule has 0 unspecified atom stereocenters. The second-order valence-electron chi connectivity index (χ2n) is 10.1. The van der Waals surface area contributed by atoms with E-state index in [9.17, 15) is 23.2 Å². The number of pyridine rings is 1. The Kier molecular flexibility index (Phi) is 18.6. The van der Waals surface area contributed by atoms with Crippen molar-refractivity contribution in [2.24, 2.45) is 0 Å². The number of benzene rings is 2. The molecule has 3 aromatic heterocycles. The Morgan fingerprint density at radius 3 is 1.96 bits per heavy atom. The van der Waals surface area contributed by atoms with E-state index >= 15 is 0 Å². The van der Waals surface area contributed by atoms with Gasteiger partial charge in [-0.05, 0) is 44.2 Å². The second kappa shape index (κ2) is 22.3. The Labute approximate surface area is 313 Å². The summed E-state index contributed by atoms with van der Waals surface area (Å²) in [5, 5.41) is 8.87. The highest BCUT2D eigenvalue weighted by molar-refractivity contribution is 15.0. The average molecular weight is 918 g/mol. The van der Waals surface area contributed by atoms with Gasteiger partial charge >= 0.3 is 11.9 Å². The lowest BCUT2D eigenvalue weighted by atomic mass is 10.2. The number of hydrogen-bond donors (Lipinski definition) is 1. The molecule has 0 aliphatic carbocycles. The van der Waals surface area contributed by atoms with Gasteiger partial charge in [0, 0.05) is 82.3 Å². The Balaban J connectivity index is 0.000000410. The number of nitrogens with zero attached hydrogens (tertiary/aromatic N) is 6. The van der Waals surface area contributed by atoms with E-state index in [1.165, 1.54) is 33.6 Å². The zero-order chi connectivity index (χ0) is 37.1. The van der Waals surface area contributed by atoms with Crippen LogP contribution in [0.2, 0.25) is 0 Å². The summed E-state index contributed by atoms with van der Waals surface area (Å²) in [6.07, 6.45) is 5.49. The summed E-state index contributed by atoms with van der Waals surface area (Å²) >= 11 is 4.24. The fourth-order valence-electron chi connectivity index (χ4n) is 4.12. The molecule has 50 heavy (non-hydrogen) atoms. The Morgan fingerprint density at radius 1 is 0.880 bits per heavy atom. The molecular weight excluding hydrogens is 878 g/mol. The number of aromatic nitrogens is 5. The van der Waals surface area contributed by atoms with E-state index in [0.717, 1.165) is 6.29 Å². The molecule has 0 atom stereocenters. The Bertz CT molecular complexity index is 1870. The van der Waals surface area contributed by atoms with Crippen LogP contribution in [0.15, 0.2) is 85.2 Å². The molecule has 3 heterocycles. The molecule has 5 aromatic rings. The van der Waals surface area contributed by atoms with Crippen LogP contribution in [0.25, 0.3) is 11.0 Å². The first kappa shape index (κ1) is 41.7. The number of nitrogens with two attached hydrogens (primary N) is 1. The number of halogens is 4. The number of nitrogen functional groups attached to an aromatic ring is 1. The first-order chi connectivity index (χ1) is 24.1. The van der Waals surface area contributed by atoms with Crippen LogP contribution in [0.5, 0.6) is 0 Å². The molecule has 16 heteroatoms. The van der Waals surface area contributed by atoms with Gasteiger partial charge in [0.05, 0.1) is 31.7 Å². The molecule has 0 amide bonds. The van der Waals surface area contributed by atoms with Gasteiger partial charge in [0.2, 0.25) is 0 Å². The van der Waals surface area contributed by atoms with E-state index in [4.69, 9.17) is 15.2 Å². The predicted octanol–water partition coefficient (Wildman–Crippen LogP) is 6.90. The molecule has 0 saturated heterocycles. The molecule has 2 N–H and O–H groups in total. The maximum absolute atomic E-state index is 13.8. The average Bonchev–Trinajstić information content (AvgIpc) is 3.67. The topological polar surface area (TPSA) is 147 Å². The Morgan fingerprint density at radius 2 is 1.44 bits per heavy atom. The lowest BCUT2D eigenvalue weighted by Gasteiger charge is -2.05. The first-order valence-corrected chi connectivity index (χ1v) is 21.3. The van der Waals surface area contributed by atoms with E-state index in [-0.39, 0.29) is 56.6 Å². The summed E-state index contributed by atoms with van der Waals surface area (Å²) in [6, 6.07) is 17.7. The van der Waals surface area contributed by atoms with Crippen LogP contribution < -0.4 is 5.73 Å². The Hall–Kier alpha value is -4.46. The number of fused-ring (bicyclic) bond motifs is 1. The molecule has 12 nitrogen and oxygen atoms in total. The number of carbonyl (C=O) groups excluding carboxylic acids is 3. The third-order valence-electron chi connectivity index (χ3n) is 6.29. The molecule has 2 aromatic carbocycles. The zero-order valence-electron chi connectivity index (χ0n) is 27.8. The molecule has 0 radical (unpaired) electrons. The van der Waals surface area contributed by atoms with Gasteiger partial charge in [-0.25, -0.2) is 32.7 Å². The summed E-state index contributed by atoms with van der Waals surface area (Å²) in [5.74, 6) is -1.42. The number of aldehydes is 1. The molecular formula is C34H39F2I2N7O5. The van der Waals surface area contributed by atoms with Crippen molar-refractivity contribution in [3.8, 4) is 0 Å². The number of hydrogen-bond acceptors (Lipinski definition) is 10. The SMILES string of the molecule is CCOC(=O)c1cc(N)n(Cc2ccccc2F)n1.CCOC(=O)c1nn(Cc2ccccc2F)c2ncccc12.CN(C)/C=C/C=O.II.[HH]. The molecule has 0 aliphatic heterocycles. The maximum atomic E-state index is 13.8. The summed E-state index contributed by atoms with van der Waals surface area (Å²) in [5.41, 5.74) is 7.51. The van der Waals surface area contributed by atoms with Gasteiger partial charge in [-0.15, -0.1) is 0 Å². The molecule has 5 rings (SSSR count). The van der Waals surface area contributed by atoms with Crippen LogP contribution in [0, 0.1) is 11.6 Å². The van der Waals surface area contributed by atoms with Gasteiger partial charge in [-0.2, -0.15) is 10.2 Å². The number of rotatable bonds is 10. The van der Waals surface area contributed by atoms with E-state index < -0.39 is 11.9 Å². The summed E-state index contributed by atoms with van der Waals surface area (Å²) < 4.78 is 40.0. The predicted molar refractivity (Wildman–Crippen MR) is 206 cm³/mol. The molecule has 0 aliphatic rings. The fraction of sp³-hybridized carbons (Fsp3) is 0.235. The molecule has 268 valence electrons. The number of esters is 2. The number of anilines is 1. The van der Waals surface area contributed by atoms with Crippen LogP contribution in [0.4, 0.5) is 14.6 Å². The van der Waals surface area contributed by atoms with Crippen molar-refractivity contribution in [2.45, 2.75) is 26.9 Å². The van der Waals surface area contributed by atoms with Crippen LogP contribution in [0.3, 0.4) is 0 Å². The van der Waals surface area contributed by atoms with Gasteiger partial charge in [0.1, 0.15) is 23.7 Å². The standard InChI is InChI=1S/C16H14FN3O2.C13H14FN3O2.C5H9NO.I2.H2/c1-2-22-16(21)14-12-7-5-9-18-15(12)20(19-14)10-11-6-3-4-8-13(11)17;1-2-19-13(18)11-7-12(15)17(16-11)8-9-5-3-4-6-10(9)14;1-6(2)4-3-5-7;1-2;/h3-9H,2,10H2,1H3;3-7H,2,8,15H2,1H3;3-5H,1-2H3;;1H/b;;4-3+;;. The minimum absolute atomic E-state index is 0. The van der Waals surface area contributed by atoms with Gasteiger partial charge in [-0.1, -0.05) is 36.4 Å². The minimum atomic E-state index is -0.540. The smallest absolute Gasteiger partial charge is 0.359 e. The van der Waals surface area contributed by atoms with Gasteiger partial charge in [0.25, 0.3) is 0 Å². The van der Waals surface area contributed by atoms with E-state index in [0.29, 0.717) is 22.2 Å². The summed E-state index contributed by atoms with van der Waals surface area (Å²) in [6.45, 7) is 4.32. The number of ether oxygens (including phenoxy) is 2. The highest BCUT2D eigenvalue weighted by Gasteiger charge is 2.19. The highest BCUT2D eigenvalue weighted by atomic mass is 128. The minimum Gasteiger partial charge on any atom is -0.461 e. The molecule has 0 bridgehead atoms. The van der Waals surface area contributed by atoms with Crippen molar-refractivity contribution in [2.75, 3.05) is 33.0 Å². The van der Waals surface area contributed by atoms with Crippen LogP contribution in [-0.2, 0) is 27.4 Å². The van der Waals surface area contributed by atoms with Crippen molar-refractivity contribution < 1.29 is 34.1 Å². The third kappa shape index (κ3) is 12.8. The molecule has 0 fully saturated rings. The van der Waals surface area contributed by atoms with Crippen molar-refractivity contribution >= 4 is 72.3 Å². The third-order valence-corrected chi connectivity index (χ3v) is 6.29. The van der Waals surface area contributed by atoms with Gasteiger partial charge in [-0.3, -0.25) is 4.79 Å². The first-order valence-electron chi connectivity index (χ1n) is 15.0. The van der Waals surface area contributed by atoms with Crippen molar-refractivity contribution in [1.29, 1.82) is 0 Å². The zero-order valence-corrected chi connectivity index (χ0v) is 32.1. The van der Waals surface area contributed by atoms with E-state index in [2.05, 4.69) is 52.4 Å². The second-order valence-corrected chi connectivity index (χ2v) is 10.1. The van der Waals surface area contributed by atoms with Gasteiger partial charge < -0.3 is 20.1 Å². The monoisotopic (exact) mass is 917 g/mol. The summed E-state index contributed by atoms with van der Waals surface area (Å²) in [7, 11) is 3.72. The van der Waals surface area contributed by atoms with E-state index in [1.54, 1.807) is 79.7 Å². The maximum Gasteiger partial charge on any atom is 0.359 e. The van der Waals surface area contributed by atoms with Crippen molar-refractivity contribution in [3.63, 3.8) is 0 Å². The molecule has 0 saturated carbocycles. The lowest BCUT2D eigenvalue weighted by Crippen LogP contribution is -2.09. The molecule has 0 spiro atoms. The quantitative estimate of drug-likeness (QED) is 0.0679. The van der Waals surface area contributed by atoms with E-state index in [1.807, 2.05) is 14.1 Å². The lowest BCUT2D eigenvalue weighted by molar-refractivity contribution is -0.104. The largest absolute Gasteiger partial charge is 0.461 e. The number of carbonyl (C=O) groups is 3. The van der Waals surface area contributed by atoms with Crippen LogP contribution in [0.1, 0.15) is 47.4 Å². The highest BCUT2D eigenvalue weighted by Crippen LogP contribution is 2.19. The van der Waals surface area contributed by atoms with Crippen molar-refractivity contribution in [3.05, 3.63) is 119 Å². The van der Waals surface area contributed by atoms with Crippen molar-refractivity contribution in [1.82, 2.24) is 29.4 Å². The van der Waals surface area contributed by atoms with Gasteiger partial charge in [0.15, 0.2) is 17.0 Å².